The van der Waals surface area contributed by atoms with Crippen LogP contribution in [0.5, 0.6) is 0 Å². The molecule has 0 bridgehead atoms. The number of pyridine rings is 1. The van der Waals surface area contributed by atoms with Crippen molar-refractivity contribution in [1.82, 2.24) is 15.1 Å². The summed E-state index contributed by atoms with van der Waals surface area (Å²) in [7, 11) is 0. The van der Waals surface area contributed by atoms with Crippen LogP contribution < -0.4 is 5.73 Å². The lowest BCUT2D eigenvalue weighted by molar-refractivity contribution is 0.127. The molecule has 96 valence electrons. The van der Waals surface area contributed by atoms with Gasteiger partial charge in [-0.05, 0) is 31.0 Å². The minimum atomic E-state index is -0.815. The van der Waals surface area contributed by atoms with E-state index in [1.807, 2.05) is 19.1 Å². The van der Waals surface area contributed by atoms with Gasteiger partial charge in [-0.25, -0.2) is 0 Å². The predicted molar refractivity (Wildman–Crippen MR) is 65.5 cm³/mol. The van der Waals surface area contributed by atoms with Gasteiger partial charge < -0.3 is 15.4 Å². The Hall–Kier alpha value is -1.79. The molecule has 1 atom stereocenters. The Morgan fingerprint density at radius 2 is 2.33 bits per heavy atom. The summed E-state index contributed by atoms with van der Waals surface area (Å²) < 4.78 is 5.03. The van der Waals surface area contributed by atoms with Crippen LogP contribution in [0, 0.1) is 0 Å². The molecule has 6 nitrogen and oxygen atoms in total. The zero-order chi connectivity index (χ0) is 13.0. The van der Waals surface area contributed by atoms with E-state index in [0.29, 0.717) is 24.5 Å². The average molecular weight is 248 g/mol. The molecule has 18 heavy (non-hydrogen) atoms. The van der Waals surface area contributed by atoms with Gasteiger partial charge >= 0.3 is 0 Å². The molecular formula is C12H16N4O2. The van der Waals surface area contributed by atoms with E-state index in [4.69, 9.17) is 10.3 Å². The number of aliphatic hydroxyl groups is 1. The summed E-state index contributed by atoms with van der Waals surface area (Å²) in [6, 6.07) is 3.83. The highest BCUT2D eigenvalue weighted by molar-refractivity contribution is 5.53. The van der Waals surface area contributed by atoms with Gasteiger partial charge in [0.15, 0.2) is 0 Å². The fourth-order valence-electron chi connectivity index (χ4n) is 1.67. The second kappa shape index (κ2) is 5.70. The summed E-state index contributed by atoms with van der Waals surface area (Å²) >= 11 is 0. The van der Waals surface area contributed by atoms with Crippen LogP contribution in [0.25, 0.3) is 11.5 Å². The maximum Gasteiger partial charge on any atom is 0.255 e. The number of nitrogens with two attached hydrogens (primary N) is 1. The van der Waals surface area contributed by atoms with Crippen molar-refractivity contribution in [2.75, 3.05) is 6.54 Å². The second-order valence-corrected chi connectivity index (χ2v) is 3.91. The predicted octanol–water partition coefficient (Wildman–Crippen LogP) is 1.08. The van der Waals surface area contributed by atoms with Gasteiger partial charge in [0.05, 0.1) is 0 Å². The van der Waals surface area contributed by atoms with Crippen LogP contribution in [0.1, 0.15) is 30.9 Å². The summed E-state index contributed by atoms with van der Waals surface area (Å²) in [5.74, 6) is 0.585. The molecule has 0 aliphatic heterocycles. The van der Waals surface area contributed by atoms with Crippen LogP contribution in [0.2, 0.25) is 0 Å². The van der Waals surface area contributed by atoms with Gasteiger partial charge in [0.1, 0.15) is 11.8 Å². The standard InChI is InChI=1S/C12H16N4O2/c1-2-8-4-3-7-14-10(8)11-15-12(18-16-11)9(17)5-6-13/h3-4,7,9,17H,2,5-6,13H2,1H3/t9-/m0/s1. The third-order valence-corrected chi connectivity index (χ3v) is 2.65. The maximum absolute atomic E-state index is 9.71. The fraction of sp³-hybridized carbons (Fsp3) is 0.417. The van der Waals surface area contributed by atoms with E-state index < -0.39 is 6.10 Å². The number of hydrogen-bond acceptors (Lipinski definition) is 6. The molecule has 6 heteroatoms. The van der Waals surface area contributed by atoms with Gasteiger partial charge in [-0.3, -0.25) is 4.98 Å². The maximum atomic E-state index is 9.71. The third kappa shape index (κ3) is 2.55. The summed E-state index contributed by atoms with van der Waals surface area (Å²) in [4.78, 5) is 8.41. The smallest absolute Gasteiger partial charge is 0.255 e. The molecule has 2 aromatic heterocycles. The Morgan fingerprint density at radius 1 is 1.50 bits per heavy atom. The molecule has 2 heterocycles. The van der Waals surface area contributed by atoms with Crippen molar-refractivity contribution in [2.24, 2.45) is 5.73 Å². The largest absolute Gasteiger partial charge is 0.383 e. The number of aryl methyl sites for hydroxylation is 1. The van der Waals surface area contributed by atoms with Crippen molar-refractivity contribution in [3.63, 3.8) is 0 Å². The van der Waals surface area contributed by atoms with E-state index in [9.17, 15) is 5.11 Å². The number of aromatic nitrogens is 3. The molecule has 0 fully saturated rings. The minimum absolute atomic E-state index is 0.183. The molecule has 3 N–H and O–H groups in total. The highest BCUT2D eigenvalue weighted by Gasteiger charge is 2.18. The first kappa shape index (κ1) is 12.7. The topological polar surface area (TPSA) is 98.1 Å². The van der Waals surface area contributed by atoms with E-state index in [1.165, 1.54) is 0 Å². The molecule has 2 aromatic rings. The highest BCUT2D eigenvalue weighted by Crippen LogP contribution is 2.21. The number of rotatable bonds is 5. The van der Waals surface area contributed by atoms with Gasteiger partial charge in [-0.15, -0.1) is 0 Å². The number of hydrogen-bond donors (Lipinski definition) is 2. The van der Waals surface area contributed by atoms with Gasteiger partial charge in [0.25, 0.3) is 5.89 Å². The molecule has 0 aliphatic rings. The summed E-state index contributed by atoms with van der Waals surface area (Å²) in [6.45, 7) is 2.40. The Balaban J connectivity index is 2.29. The third-order valence-electron chi connectivity index (χ3n) is 2.65. The quantitative estimate of drug-likeness (QED) is 0.821. The Labute approximate surface area is 105 Å². The van der Waals surface area contributed by atoms with E-state index in [-0.39, 0.29) is 5.89 Å². The molecule has 0 spiro atoms. The van der Waals surface area contributed by atoms with Crippen molar-refractivity contribution in [2.45, 2.75) is 25.9 Å². The zero-order valence-corrected chi connectivity index (χ0v) is 10.2. The van der Waals surface area contributed by atoms with Crippen LogP contribution in [-0.4, -0.2) is 26.8 Å². The van der Waals surface area contributed by atoms with Gasteiger partial charge in [0, 0.05) is 6.20 Å². The lowest BCUT2D eigenvalue weighted by Gasteiger charge is -2.02. The summed E-state index contributed by atoms with van der Waals surface area (Å²) in [5, 5.41) is 13.6. The monoisotopic (exact) mass is 248 g/mol. The highest BCUT2D eigenvalue weighted by atomic mass is 16.5. The average Bonchev–Trinajstić information content (AvgIpc) is 2.88. The van der Waals surface area contributed by atoms with Crippen molar-refractivity contribution in [3.05, 3.63) is 29.8 Å². The summed E-state index contributed by atoms with van der Waals surface area (Å²) in [6.07, 6.45) is 2.09. The van der Waals surface area contributed by atoms with E-state index in [1.54, 1.807) is 6.20 Å². The van der Waals surface area contributed by atoms with E-state index in [0.717, 1.165) is 12.0 Å². The molecule has 0 aliphatic carbocycles. The molecular weight excluding hydrogens is 232 g/mol. The molecule has 0 saturated carbocycles. The SMILES string of the molecule is CCc1cccnc1-c1noc([C@@H](O)CCN)n1. The summed E-state index contributed by atoms with van der Waals surface area (Å²) in [5.41, 5.74) is 7.10. The normalized spacial score (nSPS) is 12.6. The van der Waals surface area contributed by atoms with Crippen LogP contribution in [0.4, 0.5) is 0 Å². The van der Waals surface area contributed by atoms with Crippen LogP contribution >= 0.6 is 0 Å². The van der Waals surface area contributed by atoms with Crippen molar-refractivity contribution < 1.29 is 9.63 Å². The fourth-order valence-corrected chi connectivity index (χ4v) is 1.67. The zero-order valence-electron chi connectivity index (χ0n) is 10.2. The molecule has 0 amide bonds. The molecule has 0 unspecified atom stereocenters. The first-order valence-corrected chi connectivity index (χ1v) is 5.92. The van der Waals surface area contributed by atoms with Crippen LogP contribution in [0.3, 0.4) is 0 Å². The second-order valence-electron chi connectivity index (χ2n) is 3.91. The Morgan fingerprint density at radius 3 is 3.06 bits per heavy atom. The first-order valence-electron chi connectivity index (χ1n) is 5.92. The van der Waals surface area contributed by atoms with Gasteiger partial charge in [-0.1, -0.05) is 18.1 Å². The van der Waals surface area contributed by atoms with Crippen molar-refractivity contribution in [3.8, 4) is 11.5 Å². The molecule has 2 rings (SSSR count). The number of nitrogens with zero attached hydrogens (tertiary/aromatic N) is 3. The molecule has 0 saturated heterocycles. The molecule has 0 aromatic carbocycles. The van der Waals surface area contributed by atoms with Gasteiger partial charge in [0.2, 0.25) is 5.82 Å². The van der Waals surface area contributed by atoms with Gasteiger partial charge in [-0.2, -0.15) is 4.98 Å². The first-order chi connectivity index (χ1) is 8.76. The minimum Gasteiger partial charge on any atom is -0.383 e. The van der Waals surface area contributed by atoms with E-state index >= 15 is 0 Å². The number of aliphatic hydroxyl groups excluding tert-OH is 1. The van der Waals surface area contributed by atoms with Crippen molar-refractivity contribution in [1.29, 1.82) is 0 Å². The molecule has 0 radical (unpaired) electrons. The lowest BCUT2D eigenvalue weighted by atomic mass is 10.1. The van der Waals surface area contributed by atoms with Crippen LogP contribution in [-0.2, 0) is 6.42 Å². The van der Waals surface area contributed by atoms with Crippen molar-refractivity contribution >= 4 is 0 Å². The Bertz CT molecular complexity index is 512. The van der Waals surface area contributed by atoms with Crippen LogP contribution in [0.15, 0.2) is 22.9 Å². The lowest BCUT2D eigenvalue weighted by Crippen LogP contribution is -2.06. The Kier molecular flexibility index (Phi) is 4.01. The van der Waals surface area contributed by atoms with E-state index in [2.05, 4.69) is 15.1 Å².